The van der Waals surface area contributed by atoms with Gasteiger partial charge in [0.2, 0.25) is 5.91 Å². The topological polar surface area (TPSA) is 57.8 Å². The van der Waals surface area contributed by atoms with Gasteiger partial charge in [0.05, 0.1) is 17.9 Å². The van der Waals surface area contributed by atoms with Crippen LogP contribution in [0.15, 0.2) is 6.07 Å². The largest absolute Gasteiger partial charge is 0.350 e. The highest BCUT2D eigenvalue weighted by atomic mass is 16.2. The molecule has 1 saturated carbocycles. The van der Waals surface area contributed by atoms with E-state index in [2.05, 4.69) is 22.4 Å². The summed E-state index contributed by atoms with van der Waals surface area (Å²) < 4.78 is 0. The molecule has 1 aliphatic carbocycles. The van der Waals surface area contributed by atoms with Gasteiger partial charge in [0.1, 0.15) is 0 Å². The van der Waals surface area contributed by atoms with Crippen molar-refractivity contribution in [3.8, 4) is 0 Å². The second-order valence-electron chi connectivity index (χ2n) is 3.73. The number of carbonyl (C=O) groups excluding carboxylic acids is 1. The lowest BCUT2D eigenvalue weighted by Gasteiger charge is -2.00. The minimum Gasteiger partial charge on any atom is -0.350 e. The number of rotatable bonds is 4. The van der Waals surface area contributed by atoms with Crippen molar-refractivity contribution in [3.05, 3.63) is 17.5 Å². The lowest BCUT2D eigenvalue weighted by Crippen LogP contribution is -2.24. The molecule has 4 heteroatoms. The van der Waals surface area contributed by atoms with Gasteiger partial charge in [-0.3, -0.25) is 9.89 Å². The van der Waals surface area contributed by atoms with Gasteiger partial charge in [0, 0.05) is 5.92 Å². The van der Waals surface area contributed by atoms with Gasteiger partial charge in [-0.15, -0.1) is 0 Å². The summed E-state index contributed by atoms with van der Waals surface area (Å²) in [5.74, 6) is 0.459. The van der Waals surface area contributed by atoms with E-state index in [4.69, 9.17) is 0 Å². The van der Waals surface area contributed by atoms with Gasteiger partial charge in [-0.05, 0) is 25.3 Å². The molecule has 1 aromatic heterocycles. The average Bonchev–Trinajstić information content (AvgIpc) is 2.94. The summed E-state index contributed by atoms with van der Waals surface area (Å²) in [5, 5.41) is 9.89. The lowest BCUT2D eigenvalue weighted by atomic mass is 10.3. The van der Waals surface area contributed by atoms with E-state index >= 15 is 0 Å². The monoisotopic (exact) mass is 193 g/mol. The normalized spacial score (nSPS) is 15.5. The molecular formula is C10H15N3O. The van der Waals surface area contributed by atoms with Crippen LogP contribution in [0.1, 0.15) is 31.2 Å². The van der Waals surface area contributed by atoms with Gasteiger partial charge in [0.15, 0.2) is 0 Å². The molecule has 1 aliphatic rings. The van der Waals surface area contributed by atoms with E-state index in [-0.39, 0.29) is 11.8 Å². The van der Waals surface area contributed by atoms with Crippen LogP contribution in [0.3, 0.4) is 0 Å². The van der Waals surface area contributed by atoms with Gasteiger partial charge in [-0.1, -0.05) is 6.92 Å². The Hall–Kier alpha value is -1.32. The van der Waals surface area contributed by atoms with E-state index in [0.717, 1.165) is 30.7 Å². The number of hydrogen-bond donors (Lipinski definition) is 2. The fourth-order valence-electron chi connectivity index (χ4n) is 1.35. The Morgan fingerprint density at radius 3 is 3.07 bits per heavy atom. The second kappa shape index (κ2) is 3.82. The van der Waals surface area contributed by atoms with Crippen LogP contribution in [-0.4, -0.2) is 16.1 Å². The average molecular weight is 193 g/mol. The fraction of sp³-hybridized carbons (Fsp3) is 0.600. The molecule has 0 saturated heterocycles. The third-order valence-electron chi connectivity index (χ3n) is 2.45. The number of hydrogen-bond acceptors (Lipinski definition) is 2. The van der Waals surface area contributed by atoms with Crippen molar-refractivity contribution in [2.75, 3.05) is 0 Å². The number of nitrogens with one attached hydrogen (secondary N) is 2. The van der Waals surface area contributed by atoms with Crippen molar-refractivity contribution in [2.45, 2.75) is 32.7 Å². The van der Waals surface area contributed by atoms with E-state index < -0.39 is 0 Å². The van der Waals surface area contributed by atoms with Gasteiger partial charge in [-0.2, -0.15) is 5.10 Å². The molecule has 0 spiro atoms. The summed E-state index contributed by atoms with van der Waals surface area (Å²) in [6, 6.07) is 1.99. The number of amides is 1. The van der Waals surface area contributed by atoms with Crippen LogP contribution in [-0.2, 0) is 17.8 Å². The summed E-state index contributed by atoms with van der Waals surface area (Å²) in [6.07, 6.45) is 3.02. The number of aromatic amines is 1. The first-order valence-electron chi connectivity index (χ1n) is 5.10. The smallest absolute Gasteiger partial charge is 0.223 e. The molecule has 1 fully saturated rings. The van der Waals surface area contributed by atoms with Crippen molar-refractivity contribution in [1.29, 1.82) is 0 Å². The van der Waals surface area contributed by atoms with Gasteiger partial charge in [-0.25, -0.2) is 0 Å². The highest BCUT2D eigenvalue weighted by Gasteiger charge is 2.29. The standard InChI is InChI=1S/C10H15N3O/c1-2-8-5-9(13-12-8)6-11-10(14)7-3-4-7/h5,7H,2-4,6H2,1H3,(H,11,14)(H,12,13). The molecule has 1 heterocycles. The maximum Gasteiger partial charge on any atom is 0.223 e. The van der Waals surface area contributed by atoms with Crippen LogP contribution in [0.4, 0.5) is 0 Å². The molecular weight excluding hydrogens is 178 g/mol. The number of aromatic nitrogens is 2. The van der Waals surface area contributed by atoms with Crippen molar-refractivity contribution in [3.63, 3.8) is 0 Å². The van der Waals surface area contributed by atoms with Crippen LogP contribution in [0.25, 0.3) is 0 Å². The molecule has 2 N–H and O–H groups in total. The van der Waals surface area contributed by atoms with Gasteiger partial charge in [0.25, 0.3) is 0 Å². The molecule has 2 rings (SSSR count). The number of aryl methyl sites for hydroxylation is 1. The quantitative estimate of drug-likeness (QED) is 0.749. The molecule has 14 heavy (non-hydrogen) atoms. The maximum atomic E-state index is 11.3. The van der Waals surface area contributed by atoms with E-state index in [1.165, 1.54) is 0 Å². The van der Waals surface area contributed by atoms with Crippen LogP contribution in [0, 0.1) is 5.92 Å². The lowest BCUT2D eigenvalue weighted by molar-refractivity contribution is -0.122. The summed E-state index contributed by atoms with van der Waals surface area (Å²) in [5.41, 5.74) is 2.02. The van der Waals surface area contributed by atoms with Crippen molar-refractivity contribution >= 4 is 5.91 Å². The third kappa shape index (κ3) is 2.13. The van der Waals surface area contributed by atoms with Crippen LogP contribution >= 0.6 is 0 Å². The first-order valence-corrected chi connectivity index (χ1v) is 5.10. The Kier molecular flexibility index (Phi) is 2.52. The van der Waals surface area contributed by atoms with E-state index in [9.17, 15) is 4.79 Å². The summed E-state index contributed by atoms with van der Waals surface area (Å²) in [7, 11) is 0. The van der Waals surface area contributed by atoms with Crippen LogP contribution < -0.4 is 5.32 Å². The molecule has 0 aliphatic heterocycles. The Morgan fingerprint density at radius 2 is 2.50 bits per heavy atom. The zero-order chi connectivity index (χ0) is 9.97. The molecule has 0 atom stereocenters. The number of carbonyl (C=O) groups is 1. The minimum absolute atomic E-state index is 0.178. The molecule has 0 unspecified atom stereocenters. The summed E-state index contributed by atoms with van der Waals surface area (Å²) in [6.45, 7) is 2.63. The Bertz CT molecular complexity index is 328. The number of nitrogens with zero attached hydrogens (tertiary/aromatic N) is 1. The highest BCUT2D eigenvalue weighted by molar-refractivity contribution is 5.80. The van der Waals surface area contributed by atoms with E-state index in [1.54, 1.807) is 0 Å². The maximum absolute atomic E-state index is 11.3. The molecule has 0 radical (unpaired) electrons. The second-order valence-corrected chi connectivity index (χ2v) is 3.73. The minimum atomic E-state index is 0.178. The zero-order valence-corrected chi connectivity index (χ0v) is 8.34. The van der Waals surface area contributed by atoms with E-state index in [1.807, 2.05) is 6.07 Å². The number of H-pyrrole nitrogens is 1. The highest BCUT2D eigenvalue weighted by Crippen LogP contribution is 2.28. The van der Waals surface area contributed by atoms with Crippen molar-refractivity contribution in [2.24, 2.45) is 5.92 Å². The van der Waals surface area contributed by atoms with Crippen LogP contribution in [0.5, 0.6) is 0 Å². The molecule has 1 amide bonds. The Labute approximate surface area is 83.1 Å². The van der Waals surface area contributed by atoms with Gasteiger partial charge < -0.3 is 5.32 Å². The first kappa shape index (κ1) is 9.24. The molecule has 4 nitrogen and oxygen atoms in total. The Morgan fingerprint density at radius 1 is 1.71 bits per heavy atom. The molecule has 1 aromatic rings. The molecule has 0 bridgehead atoms. The van der Waals surface area contributed by atoms with Gasteiger partial charge >= 0.3 is 0 Å². The predicted molar refractivity (Wildman–Crippen MR) is 52.5 cm³/mol. The van der Waals surface area contributed by atoms with Crippen molar-refractivity contribution in [1.82, 2.24) is 15.5 Å². The predicted octanol–water partition coefficient (Wildman–Crippen LogP) is 0.998. The SMILES string of the molecule is CCc1cc(CNC(=O)C2CC2)[nH]n1. The van der Waals surface area contributed by atoms with Crippen LogP contribution in [0.2, 0.25) is 0 Å². The first-order chi connectivity index (χ1) is 6.79. The molecule has 0 aromatic carbocycles. The third-order valence-corrected chi connectivity index (χ3v) is 2.45. The zero-order valence-electron chi connectivity index (χ0n) is 8.34. The molecule has 76 valence electrons. The van der Waals surface area contributed by atoms with Crippen molar-refractivity contribution < 1.29 is 4.79 Å². The van der Waals surface area contributed by atoms with E-state index in [0.29, 0.717) is 6.54 Å². The summed E-state index contributed by atoms with van der Waals surface area (Å²) >= 11 is 0. The fourth-order valence-corrected chi connectivity index (χ4v) is 1.35. The Balaban J connectivity index is 1.81. The summed E-state index contributed by atoms with van der Waals surface area (Å²) in [4.78, 5) is 11.3.